The van der Waals surface area contributed by atoms with Crippen LogP contribution in [0.25, 0.3) is 0 Å². The molecule has 3 amide bonds. The van der Waals surface area contributed by atoms with Crippen molar-refractivity contribution in [1.29, 1.82) is 0 Å². The van der Waals surface area contributed by atoms with E-state index in [2.05, 4.69) is 10.6 Å². The molecule has 3 atom stereocenters. The summed E-state index contributed by atoms with van der Waals surface area (Å²) < 4.78 is 5.13. The zero-order valence-electron chi connectivity index (χ0n) is 11.3. The number of carbonyl (C=O) groups is 3. The Balaban J connectivity index is 1.94. The molecule has 0 spiro atoms. The van der Waals surface area contributed by atoms with E-state index < -0.39 is 30.0 Å². The van der Waals surface area contributed by atoms with Crippen molar-refractivity contribution in [3.8, 4) is 0 Å². The number of carboxylic acids is 1. The minimum Gasteiger partial charge on any atom is -0.481 e. The van der Waals surface area contributed by atoms with Gasteiger partial charge in [0.1, 0.15) is 12.0 Å². The molecule has 2 fully saturated rings. The fraction of sp³-hybridized carbons (Fsp3) is 0.750. The molecule has 0 aliphatic carbocycles. The summed E-state index contributed by atoms with van der Waals surface area (Å²) in [5.74, 6) is -1.91. The average molecular weight is 285 g/mol. The Labute approximate surface area is 116 Å². The van der Waals surface area contributed by atoms with Crippen LogP contribution < -0.4 is 10.6 Å². The molecule has 0 bridgehead atoms. The Morgan fingerprint density at radius 3 is 2.85 bits per heavy atom. The number of carboxylic acid groups (broad SMARTS) is 1. The van der Waals surface area contributed by atoms with Crippen molar-refractivity contribution >= 4 is 17.9 Å². The molecular weight excluding hydrogens is 266 g/mol. The predicted molar refractivity (Wildman–Crippen MR) is 68.1 cm³/mol. The van der Waals surface area contributed by atoms with Crippen LogP contribution >= 0.6 is 0 Å². The van der Waals surface area contributed by atoms with E-state index in [1.807, 2.05) is 0 Å². The number of hydrogen-bond acceptors (Lipinski definition) is 4. The van der Waals surface area contributed by atoms with Gasteiger partial charge in [-0.25, -0.2) is 4.79 Å². The molecule has 2 saturated heterocycles. The molecule has 0 aromatic carbocycles. The van der Waals surface area contributed by atoms with Gasteiger partial charge in [0.25, 0.3) is 0 Å². The van der Waals surface area contributed by atoms with Crippen LogP contribution in [0.2, 0.25) is 0 Å². The zero-order chi connectivity index (χ0) is 14.7. The normalized spacial score (nSPS) is 29.6. The molecule has 0 saturated carbocycles. The smallest absolute Gasteiger partial charge is 0.318 e. The topological polar surface area (TPSA) is 108 Å². The third-order valence-corrected chi connectivity index (χ3v) is 3.77. The highest BCUT2D eigenvalue weighted by atomic mass is 16.5. The van der Waals surface area contributed by atoms with Crippen LogP contribution in [0.15, 0.2) is 0 Å². The molecule has 3 N–H and O–H groups in total. The molecule has 112 valence electrons. The minimum absolute atomic E-state index is 0.0987. The molecule has 20 heavy (non-hydrogen) atoms. The van der Waals surface area contributed by atoms with Crippen LogP contribution in [0.3, 0.4) is 0 Å². The lowest BCUT2D eigenvalue weighted by molar-refractivity contribution is -0.142. The highest BCUT2D eigenvalue weighted by Gasteiger charge is 2.39. The monoisotopic (exact) mass is 285 g/mol. The number of hydrogen-bond donors (Lipinski definition) is 3. The van der Waals surface area contributed by atoms with Crippen LogP contribution in [0.4, 0.5) is 4.79 Å². The quantitative estimate of drug-likeness (QED) is 0.617. The van der Waals surface area contributed by atoms with Gasteiger partial charge in [-0.05, 0) is 12.8 Å². The van der Waals surface area contributed by atoms with Crippen LogP contribution in [-0.4, -0.2) is 66.8 Å². The first-order valence-electron chi connectivity index (χ1n) is 6.62. The lowest BCUT2D eigenvalue weighted by Gasteiger charge is -2.29. The van der Waals surface area contributed by atoms with Crippen LogP contribution in [0, 0.1) is 5.92 Å². The summed E-state index contributed by atoms with van der Waals surface area (Å²) in [7, 11) is 1.52. The van der Waals surface area contributed by atoms with Crippen LogP contribution in [0.1, 0.15) is 12.8 Å². The molecule has 2 heterocycles. The van der Waals surface area contributed by atoms with Gasteiger partial charge >= 0.3 is 12.0 Å². The Kier molecular flexibility index (Phi) is 4.43. The van der Waals surface area contributed by atoms with E-state index in [1.165, 1.54) is 11.9 Å². The van der Waals surface area contributed by atoms with Gasteiger partial charge in [-0.15, -0.1) is 0 Å². The van der Waals surface area contributed by atoms with Gasteiger partial charge in [0.2, 0.25) is 5.91 Å². The zero-order valence-corrected chi connectivity index (χ0v) is 11.3. The lowest BCUT2D eigenvalue weighted by Crippen LogP contribution is -2.55. The van der Waals surface area contributed by atoms with Gasteiger partial charge in [-0.2, -0.15) is 0 Å². The summed E-state index contributed by atoms with van der Waals surface area (Å²) in [5, 5.41) is 14.4. The third kappa shape index (κ3) is 3.01. The van der Waals surface area contributed by atoms with Crippen molar-refractivity contribution < 1.29 is 24.2 Å². The van der Waals surface area contributed by atoms with E-state index in [0.717, 1.165) is 6.42 Å². The summed E-state index contributed by atoms with van der Waals surface area (Å²) in [6.07, 6.45) is 1.40. The number of nitrogens with zero attached hydrogens (tertiary/aromatic N) is 1. The fourth-order valence-corrected chi connectivity index (χ4v) is 2.47. The van der Waals surface area contributed by atoms with E-state index >= 15 is 0 Å². The maximum Gasteiger partial charge on any atom is 0.318 e. The van der Waals surface area contributed by atoms with Crippen molar-refractivity contribution in [2.75, 3.05) is 26.8 Å². The molecule has 2 aliphatic heterocycles. The SMILES string of the molecule is CN(C(=O)NC1CCCNC1=O)C1COCC1C(=O)O. The first kappa shape index (κ1) is 14.6. The van der Waals surface area contributed by atoms with E-state index in [0.29, 0.717) is 13.0 Å². The maximum absolute atomic E-state index is 12.1. The molecule has 2 aliphatic rings. The van der Waals surface area contributed by atoms with E-state index in [-0.39, 0.29) is 19.1 Å². The molecule has 0 radical (unpaired) electrons. The van der Waals surface area contributed by atoms with Gasteiger partial charge < -0.3 is 25.4 Å². The Bertz CT molecular complexity index is 414. The summed E-state index contributed by atoms with van der Waals surface area (Å²) >= 11 is 0. The number of ether oxygens (including phenoxy) is 1. The van der Waals surface area contributed by atoms with Crippen molar-refractivity contribution in [2.24, 2.45) is 5.92 Å². The van der Waals surface area contributed by atoms with E-state index in [4.69, 9.17) is 9.84 Å². The van der Waals surface area contributed by atoms with Gasteiger partial charge in [0.15, 0.2) is 0 Å². The molecule has 8 nitrogen and oxygen atoms in total. The second-order valence-corrected chi connectivity index (χ2v) is 5.10. The second-order valence-electron chi connectivity index (χ2n) is 5.10. The van der Waals surface area contributed by atoms with Crippen molar-refractivity contribution in [1.82, 2.24) is 15.5 Å². The van der Waals surface area contributed by atoms with Gasteiger partial charge in [-0.1, -0.05) is 0 Å². The Hall–Kier alpha value is -1.83. The number of carbonyl (C=O) groups excluding carboxylic acids is 2. The number of aliphatic carboxylic acids is 1. The summed E-state index contributed by atoms with van der Waals surface area (Å²) in [6, 6.07) is -1.52. The number of likely N-dealkylation sites (N-methyl/N-ethyl adjacent to an activating group) is 1. The number of nitrogens with one attached hydrogen (secondary N) is 2. The van der Waals surface area contributed by atoms with Crippen molar-refractivity contribution in [3.63, 3.8) is 0 Å². The van der Waals surface area contributed by atoms with Crippen molar-refractivity contribution in [3.05, 3.63) is 0 Å². The first-order chi connectivity index (χ1) is 9.50. The first-order valence-corrected chi connectivity index (χ1v) is 6.62. The lowest BCUT2D eigenvalue weighted by atomic mass is 10.0. The largest absolute Gasteiger partial charge is 0.481 e. The molecule has 2 rings (SSSR count). The molecule has 0 aromatic heterocycles. The minimum atomic E-state index is -0.984. The van der Waals surface area contributed by atoms with Crippen LogP contribution in [0.5, 0.6) is 0 Å². The van der Waals surface area contributed by atoms with E-state index in [9.17, 15) is 14.4 Å². The average Bonchev–Trinajstić information content (AvgIpc) is 2.89. The molecule has 8 heteroatoms. The fourth-order valence-electron chi connectivity index (χ4n) is 2.47. The second kappa shape index (κ2) is 6.08. The van der Waals surface area contributed by atoms with Gasteiger partial charge in [0.05, 0.1) is 19.3 Å². The highest BCUT2D eigenvalue weighted by molar-refractivity contribution is 5.87. The number of rotatable bonds is 3. The number of piperidine rings is 1. The predicted octanol–water partition coefficient (Wildman–Crippen LogP) is -0.994. The molecule has 0 aromatic rings. The van der Waals surface area contributed by atoms with Crippen molar-refractivity contribution in [2.45, 2.75) is 24.9 Å². The molecular formula is C12H19N3O5. The highest BCUT2D eigenvalue weighted by Crippen LogP contribution is 2.19. The standard InChI is InChI=1S/C12H19N3O5/c1-15(9-6-20-5-7(9)11(17)18)12(19)14-8-3-2-4-13-10(8)16/h7-9H,2-6H2,1H3,(H,13,16)(H,14,19)(H,17,18). The van der Waals surface area contributed by atoms with Gasteiger partial charge in [0, 0.05) is 13.6 Å². The summed E-state index contributed by atoms with van der Waals surface area (Å²) in [5.41, 5.74) is 0. The maximum atomic E-state index is 12.1. The van der Waals surface area contributed by atoms with E-state index in [1.54, 1.807) is 0 Å². The van der Waals surface area contributed by atoms with Gasteiger partial charge in [-0.3, -0.25) is 9.59 Å². The molecule has 3 unspecified atom stereocenters. The number of urea groups is 1. The summed E-state index contributed by atoms with van der Waals surface area (Å²) in [4.78, 5) is 36.1. The summed E-state index contributed by atoms with van der Waals surface area (Å²) in [6.45, 7) is 0.915. The Morgan fingerprint density at radius 2 is 2.20 bits per heavy atom. The van der Waals surface area contributed by atoms with Crippen LogP contribution in [-0.2, 0) is 14.3 Å². The third-order valence-electron chi connectivity index (χ3n) is 3.77. The Morgan fingerprint density at radius 1 is 1.45 bits per heavy atom. The number of amides is 3.